The lowest BCUT2D eigenvalue weighted by Gasteiger charge is -2.15. The topological polar surface area (TPSA) is 128 Å². The number of benzene rings is 2. The van der Waals surface area contributed by atoms with Crippen molar-refractivity contribution in [2.75, 3.05) is 11.9 Å². The number of halogens is 4. The Labute approximate surface area is 183 Å². The smallest absolute Gasteiger partial charge is 0.418 e. The zero-order valence-corrected chi connectivity index (χ0v) is 17.0. The van der Waals surface area contributed by atoms with Crippen molar-refractivity contribution < 1.29 is 37.2 Å². The van der Waals surface area contributed by atoms with Crippen molar-refractivity contribution in [3.8, 4) is 0 Å². The predicted molar refractivity (Wildman–Crippen MR) is 106 cm³/mol. The minimum atomic E-state index is -4.78. The molecule has 0 saturated carbocycles. The van der Waals surface area contributed by atoms with Gasteiger partial charge in [0.2, 0.25) is 0 Å². The van der Waals surface area contributed by atoms with Gasteiger partial charge in [-0.25, -0.2) is 4.79 Å². The van der Waals surface area contributed by atoms with Crippen LogP contribution >= 0.6 is 11.6 Å². The second-order valence-electron chi connectivity index (χ2n) is 6.35. The van der Waals surface area contributed by atoms with Crippen molar-refractivity contribution in [2.45, 2.75) is 19.1 Å². The van der Waals surface area contributed by atoms with Gasteiger partial charge in [0.25, 0.3) is 17.5 Å². The number of esters is 1. The maximum atomic E-state index is 13.1. The van der Waals surface area contributed by atoms with E-state index in [1.807, 2.05) is 5.32 Å². The molecule has 9 nitrogen and oxygen atoms in total. The first-order valence-corrected chi connectivity index (χ1v) is 9.15. The fourth-order valence-corrected chi connectivity index (χ4v) is 2.58. The summed E-state index contributed by atoms with van der Waals surface area (Å²) in [5, 5.41) is 14.8. The van der Waals surface area contributed by atoms with E-state index in [-0.39, 0.29) is 16.3 Å². The monoisotopic (exact) mass is 473 g/mol. The van der Waals surface area contributed by atoms with Crippen molar-refractivity contribution in [1.82, 2.24) is 5.32 Å². The molecular formula is C19H15ClF3N3O6. The summed E-state index contributed by atoms with van der Waals surface area (Å²) in [5.74, 6) is -2.91. The number of hydrogen-bond acceptors (Lipinski definition) is 6. The van der Waals surface area contributed by atoms with Gasteiger partial charge in [-0.2, -0.15) is 13.2 Å². The molecule has 0 spiro atoms. The molecule has 0 aliphatic heterocycles. The van der Waals surface area contributed by atoms with Crippen LogP contribution in [0.15, 0.2) is 42.5 Å². The van der Waals surface area contributed by atoms with E-state index in [0.29, 0.717) is 6.07 Å². The number of carbonyl (C=O) groups is 3. The van der Waals surface area contributed by atoms with Crippen LogP contribution in [0.4, 0.5) is 24.5 Å². The molecule has 32 heavy (non-hydrogen) atoms. The Morgan fingerprint density at radius 1 is 1.19 bits per heavy atom. The molecule has 1 atom stereocenters. The van der Waals surface area contributed by atoms with Crippen molar-refractivity contribution in [2.24, 2.45) is 0 Å². The molecule has 2 rings (SSSR count). The van der Waals surface area contributed by atoms with Gasteiger partial charge in [0.15, 0.2) is 6.61 Å². The first kappa shape index (κ1) is 24.6. The number of carbonyl (C=O) groups excluding carboxylic acids is 3. The Hall–Kier alpha value is -3.67. The fraction of sp³-hybridized carbons (Fsp3) is 0.211. The molecular weight excluding hydrogens is 459 g/mol. The molecule has 0 saturated heterocycles. The van der Waals surface area contributed by atoms with E-state index < -0.39 is 52.8 Å². The van der Waals surface area contributed by atoms with Gasteiger partial charge in [0, 0.05) is 22.7 Å². The standard InChI is InChI=1S/C19H15ClF3N3O6/c1-10(24-17(28)11-3-2-4-13(7-11)26(30)31)18(29)32-9-16(27)25-15-6-5-12(20)8-14(15)19(21,22)23/h2-8,10H,9H2,1H3,(H,24,28)(H,25,27). The molecule has 13 heteroatoms. The van der Waals surface area contributed by atoms with Gasteiger partial charge >= 0.3 is 12.1 Å². The number of amides is 2. The highest BCUT2D eigenvalue weighted by molar-refractivity contribution is 6.30. The van der Waals surface area contributed by atoms with Crippen LogP contribution in [0, 0.1) is 10.1 Å². The summed E-state index contributed by atoms with van der Waals surface area (Å²) in [7, 11) is 0. The predicted octanol–water partition coefficient (Wildman–Crippen LogP) is 3.57. The third-order valence-electron chi connectivity index (χ3n) is 3.93. The third-order valence-corrected chi connectivity index (χ3v) is 4.16. The molecule has 0 radical (unpaired) electrons. The van der Waals surface area contributed by atoms with E-state index in [2.05, 4.69) is 5.32 Å². The summed E-state index contributed by atoms with van der Waals surface area (Å²) >= 11 is 5.56. The highest BCUT2D eigenvalue weighted by Crippen LogP contribution is 2.36. The number of hydrogen-bond donors (Lipinski definition) is 2. The summed E-state index contributed by atoms with van der Waals surface area (Å²) in [6.07, 6.45) is -4.78. The molecule has 0 aliphatic rings. The number of ether oxygens (including phenoxy) is 1. The van der Waals surface area contributed by atoms with Crippen molar-refractivity contribution >= 4 is 40.8 Å². The fourth-order valence-electron chi connectivity index (χ4n) is 2.41. The largest absolute Gasteiger partial charge is 0.454 e. The van der Waals surface area contributed by atoms with Gasteiger partial charge in [-0.05, 0) is 31.2 Å². The van der Waals surface area contributed by atoms with Crippen molar-refractivity contribution in [3.05, 3.63) is 68.7 Å². The van der Waals surface area contributed by atoms with Crippen LogP contribution in [0.3, 0.4) is 0 Å². The van der Waals surface area contributed by atoms with Gasteiger partial charge in [0.1, 0.15) is 6.04 Å². The van der Waals surface area contributed by atoms with E-state index in [4.69, 9.17) is 16.3 Å². The van der Waals surface area contributed by atoms with Crippen LogP contribution in [0.5, 0.6) is 0 Å². The molecule has 0 bridgehead atoms. The lowest BCUT2D eigenvalue weighted by molar-refractivity contribution is -0.384. The Kier molecular flexibility index (Phi) is 7.76. The first-order chi connectivity index (χ1) is 14.9. The number of anilines is 1. The molecule has 2 N–H and O–H groups in total. The summed E-state index contributed by atoms with van der Waals surface area (Å²) in [4.78, 5) is 46.1. The molecule has 0 fully saturated rings. The third kappa shape index (κ3) is 6.67. The van der Waals surface area contributed by atoms with Crippen LogP contribution in [0.1, 0.15) is 22.8 Å². The number of nitrogens with one attached hydrogen (secondary N) is 2. The summed E-state index contributed by atoms with van der Waals surface area (Å²) in [6, 6.07) is 6.23. The van der Waals surface area contributed by atoms with Gasteiger partial charge in [-0.15, -0.1) is 0 Å². The van der Waals surface area contributed by atoms with Crippen LogP contribution in [0.25, 0.3) is 0 Å². The quantitative estimate of drug-likeness (QED) is 0.359. The first-order valence-electron chi connectivity index (χ1n) is 8.77. The number of nitro groups is 1. The molecule has 2 aromatic rings. The van der Waals surface area contributed by atoms with Gasteiger partial charge in [0.05, 0.1) is 16.2 Å². The lowest BCUT2D eigenvalue weighted by atomic mass is 10.1. The Morgan fingerprint density at radius 3 is 2.50 bits per heavy atom. The van der Waals surface area contributed by atoms with Gasteiger partial charge in [-0.1, -0.05) is 17.7 Å². The minimum Gasteiger partial charge on any atom is -0.454 e. The Balaban J connectivity index is 1.93. The Morgan fingerprint density at radius 2 is 1.88 bits per heavy atom. The zero-order chi connectivity index (χ0) is 24.1. The average Bonchev–Trinajstić information content (AvgIpc) is 2.72. The maximum absolute atomic E-state index is 13.1. The SMILES string of the molecule is CC(NC(=O)c1cccc([N+](=O)[O-])c1)C(=O)OCC(=O)Nc1ccc(Cl)cc1C(F)(F)F. The van der Waals surface area contributed by atoms with Crippen LogP contribution < -0.4 is 10.6 Å². The van der Waals surface area contributed by atoms with Crippen molar-refractivity contribution in [3.63, 3.8) is 0 Å². The number of non-ortho nitro benzene ring substituents is 1. The average molecular weight is 474 g/mol. The highest BCUT2D eigenvalue weighted by Gasteiger charge is 2.34. The van der Waals surface area contributed by atoms with E-state index in [1.165, 1.54) is 25.1 Å². The van der Waals surface area contributed by atoms with Crippen LogP contribution in [0.2, 0.25) is 5.02 Å². The second kappa shape index (κ2) is 10.1. The van der Waals surface area contributed by atoms with Crippen molar-refractivity contribution in [1.29, 1.82) is 0 Å². The summed E-state index contributed by atoms with van der Waals surface area (Å²) < 4.78 is 43.9. The molecule has 2 aromatic carbocycles. The van der Waals surface area contributed by atoms with E-state index in [1.54, 1.807) is 0 Å². The summed E-state index contributed by atoms with van der Waals surface area (Å²) in [6.45, 7) is 0.312. The number of alkyl halides is 3. The van der Waals surface area contributed by atoms with Gasteiger partial charge < -0.3 is 15.4 Å². The van der Waals surface area contributed by atoms with E-state index >= 15 is 0 Å². The lowest BCUT2D eigenvalue weighted by Crippen LogP contribution is -2.40. The molecule has 2 amide bonds. The minimum absolute atomic E-state index is 0.0842. The number of nitro benzene ring substituents is 1. The number of rotatable bonds is 7. The van der Waals surface area contributed by atoms with Crippen LogP contribution in [-0.4, -0.2) is 35.4 Å². The number of nitrogens with zero attached hydrogens (tertiary/aromatic N) is 1. The molecule has 170 valence electrons. The second-order valence-corrected chi connectivity index (χ2v) is 6.78. The maximum Gasteiger partial charge on any atom is 0.418 e. The molecule has 0 aliphatic carbocycles. The zero-order valence-electron chi connectivity index (χ0n) is 16.2. The normalized spacial score (nSPS) is 11.9. The summed E-state index contributed by atoms with van der Waals surface area (Å²) in [5.41, 5.74) is -2.17. The van der Waals surface area contributed by atoms with E-state index in [0.717, 1.165) is 18.2 Å². The molecule has 0 heterocycles. The highest BCUT2D eigenvalue weighted by atomic mass is 35.5. The Bertz CT molecular complexity index is 1060. The van der Waals surface area contributed by atoms with E-state index in [9.17, 15) is 37.7 Å². The molecule has 0 aromatic heterocycles. The van der Waals surface area contributed by atoms with Gasteiger partial charge in [-0.3, -0.25) is 19.7 Å². The molecule has 1 unspecified atom stereocenters. The van der Waals surface area contributed by atoms with Crippen LogP contribution in [-0.2, 0) is 20.5 Å².